The Morgan fingerprint density at radius 2 is 1.52 bits per heavy atom. The Morgan fingerprint density at radius 3 is 2.07 bits per heavy atom. The summed E-state index contributed by atoms with van der Waals surface area (Å²) in [5.74, 6) is -3.70. The summed E-state index contributed by atoms with van der Waals surface area (Å²) >= 11 is 0. The minimum atomic E-state index is -1.37. The van der Waals surface area contributed by atoms with Crippen LogP contribution in [0.5, 0.6) is 0 Å². The average molecular weight is 762 g/mol. The molecule has 0 aromatic carbocycles. The Bertz CT molecular complexity index is 1570. The van der Waals surface area contributed by atoms with Gasteiger partial charge in [0.15, 0.2) is 17.6 Å². The Morgan fingerprint density at radius 1 is 0.870 bits per heavy atom. The van der Waals surface area contributed by atoms with Gasteiger partial charge in [0.05, 0.1) is 31.2 Å². The highest BCUT2D eigenvalue weighted by Crippen LogP contribution is 2.09. The molecule has 300 valence electrons. The second kappa shape index (κ2) is 22.3. The molecule has 0 fully saturated rings. The van der Waals surface area contributed by atoms with Crippen molar-refractivity contribution in [2.45, 2.75) is 102 Å². The number of H-pyrrole nitrogens is 1. The summed E-state index contributed by atoms with van der Waals surface area (Å²) in [6, 6.07) is -5.17. The number of aromatic nitrogens is 5. The highest BCUT2D eigenvalue weighted by Gasteiger charge is 2.30. The van der Waals surface area contributed by atoms with Crippen LogP contribution in [0, 0.1) is 5.92 Å². The van der Waals surface area contributed by atoms with Crippen molar-refractivity contribution < 1.29 is 29.1 Å². The fourth-order valence-corrected chi connectivity index (χ4v) is 5.15. The first-order valence-corrected chi connectivity index (χ1v) is 17.4. The largest absolute Gasteiger partial charge is 0.391 e. The molecular weight excluding hydrogens is 706 g/mol. The van der Waals surface area contributed by atoms with Gasteiger partial charge in [-0.25, -0.2) is 9.67 Å². The maximum absolute atomic E-state index is 13.4. The van der Waals surface area contributed by atoms with Crippen molar-refractivity contribution in [2.24, 2.45) is 50.3 Å². The van der Waals surface area contributed by atoms with Gasteiger partial charge in [0, 0.05) is 37.4 Å². The molecule has 0 saturated heterocycles. The van der Waals surface area contributed by atoms with Gasteiger partial charge in [-0.15, -0.1) is 5.10 Å². The number of amides is 5. The van der Waals surface area contributed by atoms with Crippen molar-refractivity contribution in [2.75, 3.05) is 13.1 Å². The monoisotopic (exact) mass is 761 g/mol. The van der Waals surface area contributed by atoms with Crippen molar-refractivity contribution in [3.8, 4) is 0 Å². The first-order valence-electron chi connectivity index (χ1n) is 17.4. The van der Waals surface area contributed by atoms with Crippen LogP contribution in [-0.2, 0) is 32.1 Å². The molecule has 2 aromatic heterocycles. The van der Waals surface area contributed by atoms with Crippen LogP contribution >= 0.6 is 0 Å². The molecule has 0 unspecified atom stereocenters. The van der Waals surface area contributed by atoms with Gasteiger partial charge in [-0.1, -0.05) is 19.1 Å². The smallest absolute Gasteiger partial charge is 0.274 e. The zero-order valence-electron chi connectivity index (χ0n) is 30.8. The van der Waals surface area contributed by atoms with E-state index in [9.17, 15) is 29.1 Å². The molecule has 0 aliphatic heterocycles. The first kappa shape index (κ1) is 44.3. The summed E-state index contributed by atoms with van der Waals surface area (Å²) in [6.07, 6.45) is 4.49. The first-order chi connectivity index (χ1) is 25.5. The molecule has 23 heteroatoms. The van der Waals surface area contributed by atoms with Crippen molar-refractivity contribution in [3.63, 3.8) is 0 Å². The van der Waals surface area contributed by atoms with Crippen molar-refractivity contribution >= 4 is 41.5 Å². The lowest BCUT2D eigenvalue weighted by molar-refractivity contribution is -0.132. The second-order valence-corrected chi connectivity index (χ2v) is 13.2. The van der Waals surface area contributed by atoms with Crippen molar-refractivity contribution in [3.05, 3.63) is 30.1 Å². The molecule has 2 rings (SSSR count). The van der Waals surface area contributed by atoms with E-state index in [1.165, 1.54) is 30.3 Å². The summed E-state index contributed by atoms with van der Waals surface area (Å²) in [7, 11) is 0. The van der Waals surface area contributed by atoms with Crippen molar-refractivity contribution in [1.29, 1.82) is 0 Å². The number of aromatic amines is 1. The van der Waals surface area contributed by atoms with Gasteiger partial charge in [0.2, 0.25) is 23.6 Å². The normalized spacial score (nSPS) is 14.4. The number of hydrogen-bond acceptors (Lipinski definition) is 12. The Hall–Kier alpha value is -5.84. The maximum Gasteiger partial charge on any atom is 0.274 e. The lowest BCUT2D eigenvalue weighted by Gasteiger charge is -2.26. The SMILES string of the molecule is CC(C)C[C@H](NC(=O)[C@H](CCCN=C(N)N)NC(=O)c1cn(C[C@H](CCCN=C(N)N)NC(=O)[C@@H](NC(=O)[C@@H](N)Cc2cnc[nH]2)[C@@H](C)O)nn1)C(N)=O. The standard InChI is InChI=1S/C31H55N17O6/c1-16(2)10-22(25(33)50)44-27(52)21(7-5-9-40-31(36)37)43-28(53)23-14-48(47-46-23)13-18(6-4-8-39-30(34)35)42-29(54)24(17(3)49)45-26(51)20(32)11-19-12-38-15-41-19/h12,14-18,20-22,24,49H,4-11,13,32H2,1-3H3,(H2,33,50)(H,38,41)(H,42,54)(H,43,53)(H,44,52)(H,45,51)(H4,34,35,39)(H4,36,37,40)/t17-,18+,20+,21+,22+,24+/m1/s1. The van der Waals surface area contributed by atoms with E-state index in [2.05, 4.69) is 51.5 Å². The van der Waals surface area contributed by atoms with Crippen LogP contribution in [0.1, 0.15) is 69.1 Å². The predicted octanol–water partition coefficient (Wildman–Crippen LogP) is -4.86. The van der Waals surface area contributed by atoms with Gasteiger partial charge in [0.25, 0.3) is 5.91 Å². The number of guanidine groups is 2. The molecule has 54 heavy (non-hydrogen) atoms. The minimum absolute atomic E-state index is 0.00835. The number of carbonyl (C=O) groups is 5. The van der Waals surface area contributed by atoms with E-state index in [0.717, 1.165) is 0 Å². The fraction of sp³-hybridized carbons (Fsp3) is 0.613. The Labute approximate surface area is 312 Å². The number of imidazole rings is 1. The zero-order chi connectivity index (χ0) is 40.4. The van der Waals surface area contributed by atoms with Gasteiger partial charge >= 0.3 is 0 Å². The van der Waals surface area contributed by atoms with Crippen LogP contribution < -0.4 is 55.7 Å². The number of aliphatic hydroxyl groups is 1. The minimum Gasteiger partial charge on any atom is -0.391 e. The van der Waals surface area contributed by atoms with Gasteiger partial charge in [-0.2, -0.15) is 0 Å². The lowest BCUT2D eigenvalue weighted by Crippen LogP contribution is -2.57. The zero-order valence-corrected chi connectivity index (χ0v) is 30.8. The fourth-order valence-electron chi connectivity index (χ4n) is 5.15. The van der Waals surface area contributed by atoms with E-state index in [0.29, 0.717) is 25.0 Å². The molecule has 2 heterocycles. The molecule has 6 atom stereocenters. The molecular formula is C31H55N17O6. The van der Waals surface area contributed by atoms with Crippen LogP contribution in [0.2, 0.25) is 0 Å². The van der Waals surface area contributed by atoms with Crippen LogP contribution in [-0.4, -0.2) is 121 Å². The number of carbonyl (C=O) groups excluding carboxylic acids is 5. The topological polar surface area (TPSA) is 394 Å². The third kappa shape index (κ3) is 16.2. The number of rotatable bonds is 24. The van der Waals surface area contributed by atoms with Gasteiger partial charge < -0.3 is 65.8 Å². The highest BCUT2D eigenvalue weighted by atomic mass is 16.3. The number of hydrogen-bond donors (Lipinski definition) is 12. The molecule has 0 spiro atoms. The highest BCUT2D eigenvalue weighted by molar-refractivity contribution is 5.97. The molecule has 0 saturated carbocycles. The summed E-state index contributed by atoms with van der Waals surface area (Å²) in [6.45, 7) is 5.48. The number of primary amides is 1. The van der Waals surface area contributed by atoms with E-state index in [4.69, 9.17) is 34.4 Å². The number of aliphatic imine (C=N–C) groups is 2. The Kier molecular flexibility index (Phi) is 18.3. The third-order valence-corrected chi connectivity index (χ3v) is 7.86. The summed E-state index contributed by atoms with van der Waals surface area (Å²) in [4.78, 5) is 79.4. The second-order valence-electron chi connectivity index (χ2n) is 13.2. The predicted molar refractivity (Wildman–Crippen MR) is 197 cm³/mol. The Balaban J connectivity index is 2.20. The summed E-state index contributed by atoms with van der Waals surface area (Å²) in [5, 5.41) is 28.9. The van der Waals surface area contributed by atoms with Crippen LogP contribution in [0.3, 0.4) is 0 Å². The molecule has 0 radical (unpaired) electrons. The van der Waals surface area contributed by atoms with E-state index < -0.39 is 65.8 Å². The number of nitrogens with two attached hydrogens (primary N) is 6. The van der Waals surface area contributed by atoms with E-state index in [1.807, 2.05) is 13.8 Å². The molecule has 2 aromatic rings. The molecule has 0 bridgehead atoms. The summed E-state index contributed by atoms with van der Waals surface area (Å²) in [5.41, 5.74) is 33.6. The van der Waals surface area contributed by atoms with Crippen LogP contribution in [0.15, 0.2) is 28.7 Å². The van der Waals surface area contributed by atoms with Gasteiger partial charge in [-0.3, -0.25) is 34.0 Å². The third-order valence-electron chi connectivity index (χ3n) is 7.86. The molecule has 5 amide bonds. The number of aliphatic hydroxyl groups excluding tert-OH is 1. The molecule has 0 aliphatic carbocycles. The van der Waals surface area contributed by atoms with Crippen LogP contribution in [0.4, 0.5) is 0 Å². The molecule has 18 N–H and O–H groups in total. The molecule has 23 nitrogen and oxygen atoms in total. The summed E-state index contributed by atoms with van der Waals surface area (Å²) < 4.78 is 1.30. The van der Waals surface area contributed by atoms with E-state index in [-0.39, 0.29) is 62.4 Å². The maximum atomic E-state index is 13.4. The average Bonchev–Trinajstić information content (AvgIpc) is 3.78. The van der Waals surface area contributed by atoms with Gasteiger partial charge in [0.1, 0.15) is 18.1 Å². The quantitative estimate of drug-likeness (QED) is 0.0271. The lowest BCUT2D eigenvalue weighted by atomic mass is 10.0. The van der Waals surface area contributed by atoms with E-state index in [1.54, 1.807) is 0 Å². The van der Waals surface area contributed by atoms with Crippen LogP contribution in [0.25, 0.3) is 0 Å². The van der Waals surface area contributed by atoms with Gasteiger partial charge in [-0.05, 0) is 44.9 Å². The number of nitrogens with one attached hydrogen (secondary N) is 5. The van der Waals surface area contributed by atoms with Crippen molar-refractivity contribution in [1.82, 2.24) is 46.2 Å². The molecule has 0 aliphatic rings. The number of nitrogens with zero attached hydrogens (tertiary/aromatic N) is 6. The van der Waals surface area contributed by atoms with E-state index >= 15 is 0 Å².